The Morgan fingerprint density at radius 3 is 2.85 bits per heavy atom. The first kappa shape index (κ1) is 20.1. The summed E-state index contributed by atoms with van der Waals surface area (Å²) in [6, 6.07) is 3.22. The van der Waals surface area contributed by atoms with E-state index in [1.807, 2.05) is 6.20 Å². The highest BCUT2D eigenvalue weighted by Gasteiger charge is 2.81. The number of nitriles is 1. The second-order valence-corrected chi connectivity index (χ2v) is 12.1. The molecule has 33 heavy (non-hydrogen) atoms. The van der Waals surface area contributed by atoms with Crippen molar-refractivity contribution in [3.8, 4) is 11.8 Å². The van der Waals surface area contributed by atoms with Crippen molar-refractivity contribution in [3.63, 3.8) is 0 Å². The number of ether oxygens (including phenoxy) is 1. The van der Waals surface area contributed by atoms with E-state index in [9.17, 15) is 10.1 Å². The maximum atomic E-state index is 13.7. The summed E-state index contributed by atoms with van der Waals surface area (Å²) >= 11 is 6.75. The molecule has 1 amide bonds. The molecule has 1 aliphatic heterocycles. The first-order valence-corrected chi connectivity index (χ1v) is 12.7. The molecule has 4 bridgehead atoms. The summed E-state index contributed by atoms with van der Waals surface area (Å²) in [6.07, 6.45) is 11.5. The van der Waals surface area contributed by atoms with E-state index in [2.05, 4.69) is 34.8 Å². The van der Waals surface area contributed by atoms with Gasteiger partial charge in [-0.2, -0.15) is 5.26 Å². The Morgan fingerprint density at radius 1 is 1.36 bits per heavy atom. The zero-order valence-corrected chi connectivity index (χ0v) is 19.9. The minimum atomic E-state index is -0.223. The number of nitrogens with zero attached hydrogens (tertiary/aromatic N) is 3. The van der Waals surface area contributed by atoms with Gasteiger partial charge in [-0.1, -0.05) is 25.4 Å². The lowest BCUT2D eigenvalue weighted by atomic mass is 9.33. The Labute approximate surface area is 198 Å². The molecule has 8 rings (SSSR count). The average Bonchev–Trinajstić information content (AvgIpc) is 3.46. The topological polar surface area (TPSA) is 82.0 Å². The summed E-state index contributed by atoms with van der Waals surface area (Å²) < 4.78 is 5.94. The van der Waals surface area contributed by atoms with Gasteiger partial charge in [0.25, 0.3) is 0 Å². The largest absolute Gasteiger partial charge is 0.487 e. The van der Waals surface area contributed by atoms with Crippen LogP contribution in [-0.2, 0) is 4.79 Å². The number of fused-ring (bicyclic) bond motifs is 2. The van der Waals surface area contributed by atoms with Crippen LogP contribution in [0.3, 0.4) is 0 Å². The normalized spacial score (nSPS) is 38.8. The number of hydrogen-bond donors (Lipinski definition) is 1. The smallest absolute Gasteiger partial charge is 0.223 e. The van der Waals surface area contributed by atoms with Gasteiger partial charge in [0, 0.05) is 30.1 Å². The third-order valence-electron chi connectivity index (χ3n) is 10.1. The molecule has 6 nitrogen and oxygen atoms in total. The Kier molecular flexibility index (Phi) is 3.81. The highest BCUT2D eigenvalue weighted by molar-refractivity contribution is 6.37. The van der Waals surface area contributed by atoms with Crippen LogP contribution in [0.25, 0.3) is 11.0 Å². The number of nitrogens with one attached hydrogen (secondary N) is 1. The molecule has 3 heterocycles. The summed E-state index contributed by atoms with van der Waals surface area (Å²) in [5.41, 5.74) is 1.91. The van der Waals surface area contributed by atoms with Gasteiger partial charge >= 0.3 is 0 Å². The molecule has 2 aromatic heterocycles. The predicted octanol–water partition coefficient (Wildman–Crippen LogP) is 5.32. The van der Waals surface area contributed by atoms with Crippen molar-refractivity contribution in [1.82, 2.24) is 14.9 Å². The molecular weight excluding hydrogens is 436 g/mol. The second-order valence-electron chi connectivity index (χ2n) is 11.7. The number of pyridine rings is 1. The van der Waals surface area contributed by atoms with Crippen LogP contribution in [0.4, 0.5) is 0 Å². The Bertz CT molecular complexity index is 1250. The van der Waals surface area contributed by atoms with Gasteiger partial charge < -0.3 is 14.6 Å². The SMILES string of the molecule is CC(CC(=O)N1C2CC3(C#N)CC4(C2)CC1CC34C)c1c[nH]c2ncc(OC3CC3)c(Cl)c12. The van der Waals surface area contributed by atoms with Crippen molar-refractivity contribution in [3.05, 3.63) is 23.0 Å². The van der Waals surface area contributed by atoms with E-state index in [1.54, 1.807) is 6.20 Å². The van der Waals surface area contributed by atoms with E-state index in [1.165, 1.54) is 0 Å². The summed E-state index contributed by atoms with van der Waals surface area (Å²) in [7, 11) is 0. The number of carbonyl (C=O) groups is 1. The van der Waals surface area contributed by atoms with E-state index < -0.39 is 0 Å². The van der Waals surface area contributed by atoms with Crippen LogP contribution < -0.4 is 4.74 Å². The maximum absolute atomic E-state index is 13.7. The lowest BCUT2D eigenvalue weighted by Crippen LogP contribution is -2.69. The Morgan fingerprint density at radius 2 is 2.12 bits per heavy atom. The zero-order chi connectivity index (χ0) is 22.8. The van der Waals surface area contributed by atoms with Crippen molar-refractivity contribution < 1.29 is 9.53 Å². The molecule has 6 atom stereocenters. The van der Waals surface area contributed by atoms with Crippen LogP contribution in [0.1, 0.15) is 76.7 Å². The van der Waals surface area contributed by atoms with Crippen LogP contribution in [0, 0.1) is 27.6 Å². The standard InChI is InChI=1S/C26H29ClN4O2/c1-14(18-10-29-23-21(18)22(27)19(11-30-23)33-17-3-4-17)5-20(32)31-15-6-24(2)25(7-15)8-16(31)9-26(24,12-25)13-28/h10-11,14-17H,3-9,12H2,1-2H3,(H,29,30). The number of halogens is 1. The highest BCUT2D eigenvalue weighted by Crippen LogP contribution is 2.83. The molecule has 172 valence electrons. The molecule has 1 saturated heterocycles. The summed E-state index contributed by atoms with van der Waals surface area (Å²) in [5, 5.41) is 11.5. The van der Waals surface area contributed by atoms with Crippen LogP contribution in [0.15, 0.2) is 12.4 Å². The predicted molar refractivity (Wildman–Crippen MR) is 124 cm³/mol. The van der Waals surface area contributed by atoms with Gasteiger partial charge in [0.1, 0.15) is 5.65 Å². The number of amides is 1. The van der Waals surface area contributed by atoms with Gasteiger partial charge in [0.15, 0.2) is 5.75 Å². The van der Waals surface area contributed by atoms with Crippen molar-refractivity contribution in [1.29, 1.82) is 5.26 Å². The molecule has 0 radical (unpaired) electrons. The van der Waals surface area contributed by atoms with Crippen LogP contribution >= 0.6 is 11.6 Å². The summed E-state index contributed by atoms with van der Waals surface area (Å²) in [6.45, 7) is 4.42. The van der Waals surface area contributed by atoms with Gasteiger partial charge in [-0.05, 0) is 67.3 Å². The van der Waals surface area contributed by atoms with Crippen molar-refractivity contribution in [2.45, 2.75) is 89.3 Å². The molecule has 6 aliphatic rings. The zero-order valence-electron chi connectivity index (χ0n) is 19.2. The van der Waals surface area contributed by atoms with Gasteiger partial charge in [-0.15, -0.1) is 0 Å². The van der Waals surface area contributed by atoms with Gasteiger partial charge in [-0.25, -0.2) is 4.98 Å². The number of rotatable bonds is 5. The fourth-order valence-electron chi connectivity index (χ4n) is 8.36. The Balaban J connectivity index is 1.16. The third kappa shape index (κ3) is 2.40. The first-order valence-electron chi connectivity index (χ1n) is 12.3. The van der Waals surface area contributed by atoms with E-state index in [0.29, 0.717) is 22.6 Å². The van der Waals surface area contributed by atoms with Crippen molar-refractivity contribution in [2.24, 2.45) is 16.2 Å². The molecule has 0 aromatic carbocycles. The fourth-order valence-corrected chi connectivity index (χ4v) is 8.65. The van der Waals surface area contributed by atoms with E-state index in [4.69, 9.17) is 16.3 Å². The monoisotopic (exact) mass is 464 g/mol. The van der Waals surface area contributed by atoms with Crippen LogP contribution in [0.5, 0.6) is 5.75 Å². The fraction of sp³-hybridized carbons (Fsp3) is 0.654. The number of H-pyrrole nitrogens is 1. The quantitative estimate of drug-likeness (QED) is 0.648. The molecular formula is C26H29ClN4O2. The lowest BCUT2D eigenvalue weighted by molar-refractivity contribution is -0.218. The molecule has 6 unspecified atom stereocenters. The van der Waals surface area contributed by atoms with Crippen molar-refractivity contribution >= 4 is 28.5 Å². The van der Waals surface area contributed by atoms with Gasteiger partial charge in [0.05, 0.1) is 28.8 Å². The van der Waals surface area contributed by atoms with Gasteiger partial charge in [-0.3, -0.25) is 4.79 Å². The molecule has 2 aromatic rings. The van der Waals surface area contributed by atoms with E-state index in [0.717, 1.165) is 61.5 Å². The maximum Gasteiger partial charge on any atom is 0.223 e. The number of hydrogen-bond acceptors (Lipinski definition) is 4. The molecule has 7 heteroatoms. The Hall–Kier alpha value is -2.26. The first-order chi connectivity index (χ1) is 15.8. The minimum absolute atomic E-state index is 0.00580. The summed E-state index contributed by atoms with van der Waals surface area (Å²) in [5.74, 6) is 0.852. The lowest BCUT2D eigenvalue weighted by Gasteiger charge is -2.71. The average molecular weight is 465 g/mol. The molecule has 1 N–H and O–H groups in total. The molecule has 5 saturated carbocycles. The number of aromatic nitrogens is 2. The highest BCUT2D eigenvalue weighted by atomic mass is 35.5. The van der Waals surface area contributed by atoms with Crippen LogP contribution in [0.2, 0.25) is 5.02 Å². The van der Waals surface area contributed by atoms with Crippen LogP contribution in [-0.4, -0.2) is 39.0 Å². The molecule has 5 aliphatic carbocycles. The minimum Gasteiger partial charge on any atom is -0.487 e. The second kappa shape index (κ2) is 6.24. The molecule has 1 spiro atoms. The van der Waals surface area contributed by atoms with Gasteiger partial charge in [0.2, 0.25) is 5.91 Å². The summed E-state index contributed by atoms with van der Waals surface area (Å²) in [4.78, 5) is 23.6. The third-order valence-corrected chi connectivity index (χ3v) is 10.5. The van der Waals surface area contributed by atoms with E-state index in [-0.39, 0.29) is 40.8 Å². The van der Waals surface area contributed by atoms with Crippen molar-refractivity contribution in [2.75, 3.05) is 0 Å². The number of carbonyl (C=O) groups excluding carboxylic acids is 1. The molecule has 6 fully saturated rings. The number of likely N-dealkylation sites (tertiary alicyclic amines) is 1. The number of aromatic amines is 1. The number of piperidine rings is 1. The van der Waals surface area contributed by atoms with E-state index >= 15 is 0 Å².